The van der Waals surface area contributed by atoms with Crippen molar-refractivity contribution in [2.24, 2.45) is 0 Å². The van der Waals surface area contributed by atoms with Crippen molar-refractivity contribution in [1.29, 1.82) is 0 Å². The summed E-state index contributed by atoms with van der Waals surface area (Å²) in [7, 11) is 0. The Kier molecular flexibility index (Phi) is 2.42. The molecule has 92 valence electrons. The Labute approximate surface area is 107 Å². The quantitative estimate of drug-likeness (QED) is 0.826. The van der Waals surface area contributed by atoms with Gasteiger partial charge in [-0.15, -0.1) is 0 Å². The van der Waals surface area contributed by atoms with E-state index in [1.807, 2.05) is 44.2 Å². The first-order valence-corrected chi connectivity index (χ1v) is 6.14. The molecule has 2 aromatic rings. The molecular formula is C16H16O2. The number of hydrogen-bond donors (Lipinski definition) is 1. The van der Waals surface area contributed by atoms with E-state index < -0.39 is 0 Å². The highest BCUT2D eigenvalue weighted by Gasteiger charge is 2.24. The molecule has 0 unspecified atom stereocenters. The van der Waals surface area contributed by atoms with Crippen LogP contribution in [0.4, 0.5) is 0 Å². The number of rotatable bonds is 1. The lowest BCUT2D eigenvalue weighted by molar-refractivity contribution is 0.161. The fraction of sp³-hybridized carbons (Fsp3) is 0.250. The average Bonchev–Trinajstić information content (AvgIpc) is 2.36. The van der Waals surface area contributed by atoms with E-state index in [-0.39, 0.29) is 12.2 Å². The minimum atomic E-state index is -0.302. The van der Waals surface area contributed by atoms with Crippen LogP contribution in [0.2, 0.25) is 0 Å². The Morgan fingerprint density at radius 2 is 2.00 bits per heavy atom. The molecule has 2 aromatic carbocycles. The molecular weight excluding hydrogens is 224 g/mol. The second-order valence-electron chi connectivity index (χ2n) is 5.20. The predicted molar refractivity (Wildman–Crippen MR) is 73.6 cm³/mol. The van der Waals surface area contributed by atoms with Gasteiger partial charge in [0, 0.05) is 10.9 Å². The minimum Gasteiger partial charge on any atom is -0.482 e. The van der Waals surface area contributed by atoms with Gasteiger partial charge in [0.2, 0.25) is 0 Å². The van der Waals surface area contributed by atoms with Gasteiger partial charge in [0.25, 0.3) is 0 Å². The SMILES string of the molecule is CC1(C)C=Cc2c(CO)cc3ccccc3c2O1. The normalized spacial score (nSPS) is 16.4. The highest BCUT2D eigenvalue weighted by atomic mass is 16.5. The molecule has 0 saturated heterocycles. The maximum atomic E-state index is 9.49. The topological polar surface area (TPSA) is 29.5 Å². The summed E-state index contributed by atoms with van der Waals surface area (Å²) >= 11 is 0. The van der Waals surface area contributed by atoms with Crippen molar-refractivity contribution < 1.29 is 9.84 Å². The summed E-state index contributed by atoms with van der Waals surface area (Å²) < 4.78 is 6.08. The molecule has 3 rings (SSSR count). The summed E-state index contributed by atoms with van der Waals surface area (Å²) in [5.74, 6) is 0.879. The van der Waals surface area contributed by atoms with Crippen molar-refractivity contribution >= 4 is 16.8 Å². The van der Waals surface area contributed by atoms with E-state index in [0.717, 1.165) is 27.6 Å². The summed E-state index contributed by atoms with van der Waals surface area (Å²) in [6.45, 7) is 4.10. The molecule has 0 bridgehead atoms. The largest absolute Gasteiger partial charge is 0.482 e. The Morgan fingerprint density at radius 3 is 2.78 bits per heavy atom. The van der Waals surface area contributed by atoms with Gasteiger partial charge in [-0.2, -0.15) is 0 Å². The van der Waals surface area contributed by atoms with Crippen LogP contribution in [0.5, 0.6) is 5.75 Å². The lowest BCUT2D eigenvalue weighted by Crippen LogP contribution is -2.28. The molecule has 0 radical (unpaired) electrons. The number of hydrogen-bond acceptors (Lipinski definition) is 2. The molecule has 1 N–H and O–H groups in total. The van der Waals surface area contributed by atoms with Crippen LogP contribution >= 0.6 is 0 Å². The van der Waals surface area contributed by atoms with E-state index >= 15 is 0 Å². The molecule has 0 atom stereocenters. The van der Waals surface area contributed by atoms with Gasteiger partial charge < -0.3 is 9.84 Å². The van der Waals surface area contributed by atoms with Gasteiger partial charge in [-0.25, -0.2) is 0 Å². The fourth-order valence-corrected chi connectivity index (χ4v) is 2.39. The van der Waals surface area contributed by atoms with E-state index in [4.69, 9.17) is 4.74 Å². The van der Waals surface area contributed by atoms with E-state index in [2.05, 4.69) is 12.1 Å². The smallest absolute Gasteiger partial charge is 0.136 e. The number of aliphatic hydroxyl groups excluding tert-OH is 1. The first-order valence-electron chi connectivity index (χ1n) is 6.14. The minimum absolute atomic E-state index is 0.0291. The van der Waals surface area contributed by atoms with Crippen LogP contribution in [0.25, 0.3) is 16.8 Å². The Hall–Kier alpha value is -1.80. The van der Waals surface area contributed by atoms with Crippen molar-refractivity contribution in [2.75, 3.05) is 0 Å². The number of ether oxygens (including phenoxy) is 1. The highest BCUT2D eigenvalue weighted by Crippen LogP contribution is 2.39. The van der Waals surface area contributed by atoms with Crippen molar-refractivity contribution in [1.82, 2.24) is 0 Å². The summed E-state index contributed by atoms with van der Waals surface area (Å²) in [6, 6.07) is 10.1. The zero-order valence-electron chi connectivity index (χ0n) is 10.6. The van der Waals surface area contributed by atoms with Gasteiger partial charge in [-0.05, 0) is 36.9 Å². The molecule has 1 aliphatic heterocycles. The first kappa shape index (κ1) is 11.3. The number of aliphatic hydroxyl groups is 1. The number of fused-ring (bicyclic) bond motifs is 3. The van der Waals surface area contributed by atoms with Gasteiger partial charge in [0.15, 0.2) is 0 Å². The molecule has 0 saturated carbocycles. The van der Waals surface area contributed by atoms with E-state index in [1.54, 1.807) is 0 Å². The van der Waals surface area contributed by atoms with Crippen LogP contribution < -0.4 is 4.74 Å². The van der Waals surface area contributed by atoms with Crippen LogP contribution in [0.1, 0.15) is 25.0 Å². The molecule has 2 nitrogen and oxygen atoms in total. The van der Waals surface area contributed by atoms with Crippen LogP contribution in [0, 0.1) is 0 Å². The van der Waals surface area contributed by atoms with Crippen LogP contribution in [-0.2, 0) is 6.61 Å². The van der Waals surface area contributed by atoms with Crippen molar-refractivity contribution in [3.63, 3.8) is 0 Å². The maximum Gasteiger partial charge on any atom is 0.136 e. The Balaban J connectivity index is 2.36. The third-order valence-electron chi connectivity index (χ3n) is 3.31. The molecule has 1 heterocycles. The monoisotopic (exact) mass is 240 g/mol. The molecule has 18 heavy (non-hydrogen) atoms. The average molecular weight is 240 g/mol. The lowest BCUT2D eigenvalue weighted by Gasteiger charge is -2.30. The molecule has 0 amide bonds. The van der Waals surface area contributed by atoms with E-state index in [9.17, 15) is 5.11 Å². The molecule has 0 fully saturated rings. The van der Waals surface area contributed by atoms with Crippen molar-refractivity contribution in [3.05, 3.63) is 47.5 Å². The third kappa shape index (κ3) is 1.70. The van der Waals surface area contributed by atoms with E-state index in [1.165, 1.54) is 0 Å². The third-order valence-corrected chi connectivity index (χ3v) is 3.31. The zero-order valence-corrected chi connectivity index (χ0v) is 10.6. The Bertz CT molecular complexity index is 639. The summed E-state index contributed by atoms with van der Waals surface area (Å²) in [6.07, 6.45) is 4.08. The summed E-state index contributed by atoms with van der Waals surface area (Å²) in [5.41, 5.74) is 1.61. The summed E-state index contributed by atoms with van der Waals surface area (Å²) in [4.78, 5) is 0. The zero-order chi connectivity index (χ0) is 12.8. The van der Waals surface area contributed by atoms with Crippen LogP contribution in [0.3, 0.4) is 0 Å². The van der Waals surface area contributed by atoms with Gasteiger partial charge >= 0.3 is 0 Å². The predicted octanol–water partition coefficient (Wildman–Crippen LogP) is 3.52. The van der Waals surface area contributed by atoms with Crippen LogP contribution in [-0.4, -0.2) is 10.7 Å². The second kappa shape index (κ2) is 3.85. The molecule has 0 spiro atoms. The molecule has 2 heteroatoms. The standard InChI is InChI=1S/C16H16O2/c1-16(2)8-7-14-12(10-17)9-11-5-3-4-6-13(11)15(14)18-16/h3-9,17H,10H2,1-2H3. The molecule has 0 aromatic heterocycles. The van der Waals surface area contributed by atoms with Crippen molar-refractivity contribution in [2.45, 2.75) is 26.1 Å². The molecule has 0 aliphatic carbocycles. The van der Waals surface area contributed by atoms with Crippen LogP contribution in [0.15, 0.2) is 36.4 Å². The van der Waals surface area contributed by atoms with Crippen molar-refractivity contribution in [3.8, 4) is 5.75 Å². The lowest BCUT2D eigenvalue weighted by atomic mass is 9.94. The van der Waals surface area contributed by atoms with Gasteiger partial charge in [0.05, 0.1) is 6.61 Å². The van der Waals surface area contributed by atoms with Gasteiger partial charge in [-0.1, -0.05) is 30.3 Å². The Morgan fingerprint density at radius 1 is 1.22 bits per heavy atom. The second-order valence-corrected chi connectivity index (χ2v) is 5.20. The highest BCUT2D eigenvalue weighted by molar-refractivity contribution is 5.93. The van der Waals surface area contributed by atoms with Gasteiger partial charge in [0.1, 0.15) is 11.4 Å². The number of benzene rings is 2. The fourth-order valence-electron chi connectivity index (χ4n) is 2.39. The molecule has 1 aliphatic rings. The van der Waals surface area contributed by atoms with Gasteiger partial charge in [-0.3, -0.25) is 0 Å². The maximum absolute atomic E-state index is 9.49. The van der Waals surface area contributed by atoms with E-state index in [0.29, 0.717) is 0 Å². The first-order chi connectivity index (χ1) is 8.61. The summed E-state index contributed by atoms with van der Waals surface area (Å²) in [5, 5.41) is 11.7.